The molecule has 1 saturated heterocycles. The van der Waals surface area contributed by atoms with Crippen LogP contribution in [-0.4, -0.2) is 65.8 Å². The van der Waals surface area contributed by atoms with Gasteiger partial charge in [-0.25, -0.2) is 9.59 Å². The highest BCUT2D eigenvalue weighted by Gasteiger charge is 2.29. The lowest BCUT2D eigenvalue weighted by Crippen LogP contribution is -2.49. The molecule has 0 aromatic rings. The van der Waals surface area contributed by atoms with Crippen molar-refractivity contribution in [1.82, 2.24) is 9.80 Å². The van der Waals surface area contributed by atoms with Crippen molar-refractivity contribution >= 4 is 12.0 Å². The number of carboxylic acids is 1. The van der Waals surface area contributed by atoms with E-state index in [0.29, 0.717) is 19.1 Å². The van der Waals surface area contributed by atoms with E-state index in [1.807, 2.05) is 16.8 Å². The molecule has 0 spiro atoms. The number of urea groups is 1. The predicted octanol–water partition coefficient (Wildman–Crippen LogP) is 1.55. The Kier molecular flexibility index (Phi) is 5.23. The standard InChI is InChI=1S/C14H24N2O4/c1-15(11-4-2-3-5-11)14(19)16-8-6-12(7-9-16)20-10-13(17)18/h11-12H,2-10H2,1H3,(H,17,18). The van der Waals surface area contributed by atoms with E-state index in [1.54, 1.807) is 0 Å². The first-order valence-electron chi connectivity index (χ1n) is 7.43. The van der Waals surface area contributed by atoms with Gasteiger partial charge in [-0.2, -0.15) is 0 Å². The van der Waals surface area contributed by atoms with Gasteiger partial charge >= 0.3 is 12.0 Å². The number of nitrogens with zero attached hydrogens (tertiary/aromatic N) is 2. The predicted molar refractivity (Wildman–Crippen MR) is 73.6 cm³/mol. The van der Waals surface area contributed by atoms with Crippen LogP contribution in [0.5, 0.6) is 0 Å². The third-order valence-electron chi connectivity index (χ3n) is 4.33. The van der Waals surface area contributed by atoms with Crippen molar-refractivity contribution in [3.8, 4) is 0 Å². The van der Waals surface area contributed by atoms with Crippen LogP contribution in [0.3, 0.4) is 0 Å². The second-order valence-electron chi connectivity index (χ2n) is 5.72. The molecule has 6 nitrogen and oxygen atoms in total. The third-order valence-corrected chi connectivity index (χ3v) is 4.33. The van der Waals surface area contributed by atoms with Gasteiger partial charge in [0.2, 0.25) is 0 Å². The Bertz CT molecular complexity index is 347. The lowest BCUT2D eigenvalue weighted by atomic mass is 10.1. The molecule has 2 rings (SSSR count). The maximum absolute atomic E-state index is 12.4. The Morgan fingerprint density at radius 3 is 2.35 bits per heavy atom. The molecule has 1 aliphatic heterocycles. The first-order valence-corrected chi connectivity index (χ1v) is 7.43. The fraction of sp³-hybridized carbons (Fsp3) is 0.857. The number of ether oxygens (including phenoxy) is 1. The molecule has 2 aliphatic rings. The van der Waals surface area contributed by atoms with E-state index in [4.69, 9.17) is 9.84 Å². The molecule has 1 saturated carbocycles. The zero-order valence-corrected chi connectivity index (χ0v) is 12.1. The van der Waals surface area contributed by atoms with Crippen LogP contribution < -0.4 is 0 Å². The van der Waals surface area contributed by atoms with E-state index < -0.39 is 5.97 Å². The van der Waals surface area contributed by atoms with Gasteiger partial charge in [0.1, 0.15) is 6.61 Å². The number of amides is 2. The lowest BCUT2D eigenvalue weighted by Gasteiger charge is -2.36. The Morgan fingerprint density at radius 1 is 1.20 bits per heavy atom. The summed E-state index contributed by atoms with van der Waals surface area (Å²) in [6.45, 7) is 1.06. The smallest absolute Gasteiger partial charge is 0.329 e. The van der Waals surface area contributed by atoms with E-state index in [9.17, 15) is 9.59 Å². The average molecular weight is 284 g/mol. The van der Waals surface area contributed by atoms with Gasteiger partial charge in [-0.15, -0.1) is 0 Å². The van der Waals surface area contributed by atoms with Crippen molar-refractivity contribution in [3.63, 3.8) is 0 Å². The normalized spacial score (nSPS) is 21.1. The molecule has 0 aromatic carbocycles. The Balaban J connectivity index is 1.75. The van der Waals surface area contributed by atoms with Crippen LogP contribution in [0, 0.1) is 0 Å². The highest BCUT2D eigenvalue weighted by Crippen LogP contribution is 2.24. The van der Waals surface area contributed by atoms with Crippen LogP contribution in [0.2, 0.25) is 0 Å². The summed E-state index contributed by atoms with van der Waals surface area (Å²) in [7, 11) is 1.89. The Labute approximate surface area is 119 Å². The first kappa shape index (κ1) is 15.1. The van der Waals surface area contributed by atoms with Crippen molar-refractivity contribution in [3.05, 3.63) is 0 Å². The lowest BCUT2D eigenvalue weighted by molar-refractivity contribution is -0.145. The Morgan fingerprint density at radius 2 is 1.80 bits per heavy atom. The zero-order valence-electron chi connectivity index (χ0n) is 12.1. The van der Waals surface area contributed by atoms with Crippen LogP contribution in [0.25, 0.3) is 0 Å². The maximum Gasteiger partial charge on any atom is 0.329 e. The number of hydrogen-bond donors (Lipinski definition) is 1. The summed E-state index contributed by atoms with van der Waals surface area (Å²) in [5.74, 6) is -0.940. The van der Waals surface area contributed by atoms with Gasteiger partial charge in [0.05, 0.1) is 6.10 Å². The van der Waals surface area contributed by atoms with Crippen molar-refractivity contribution in [2.24, 2.45) is 0 Å². The number of piperidine rings is 1. The second-order valence-corrected chi connectivity index (χ2v) is 5.72. The second kappa shape index (κ2) is 6.92. The molecule has 0 unspecified atom stereocenters. The van der Waals surface area contributed by atoms with Gasteiger partial charge in [-0.3, -0.25) is 0 Å². The summed E-state index contributed by atoms with van der Waals surface area (Å²) < 4.78 is 5.28. The minimum absolute atomic E-state index is 0.0352. The first-order chi connectivity index (χ1) is 9.58. The van der Waals surface area contributed by atoms with Gasteiger partial charge in [0.25, 0.3) is 0 Å². The summed E-state index contributed by atoms with van der Waals surface area (Å²) in [6, 6.07) is 0.497. The summed E-state index contributed by atoms with van der Waals surface area (Å²) in [5.41, 5.74) is 0. The molecule has 0 aromatic heterocycles. The molecular formula is C14H24N2O4. The molecule has 6 heteroatoms. The van der Waals surface area contributed by atoms with Gasteiger partial charge in [-0.1, -0.05) is 12.8 Å². The molecule has 1 N–H and O–H groups in total. The molecule has 20 heavy (non-hydrogen) atoms. The summed E-state index contributed by atoms with van der Waals surface area (Å²) in [5, 5.41) is 8.58. The monoisotopic (exact) mass is 284 g/mol. The summed E-state index contributed by atoms with van der Waals surface area (Å²) >= 11 is 0. The van der Waals surface area contributed by atoms with Gasteiger partial charge < -0.3 is 19.6 Å². The number of aliphatic carboxylic acids is 1. The largest absolute Gasteiger partial charge is 0.480 e. The van der Waals surface area contributed by atoms with Crippen molar-refractivity contribution in [2.75, 3.05) is 26.7 Å². The van der Waals surface area contributed by atoms with Gasteiger partial charge in [-0.05, 0) is 25.7 Å². The van der Waals surface area contributed by atoms with Crippen molar-refractivity contribution in [2.45, 2.75) is 50.7 Å². The third kappa shape index (κ3) is 3.85. The van der Waals surface area contributed by atoms with Crippen LogP contribution >= 0.6 is 0 Å². The highest BCUT2D eigenvalue weighted by atomic mass is 16.5. The molecule has 0 bridgehead atoms. The molecule has 2 amide bonds. The number of likely N-dealkylation sites (tertiary alicyclic amines) is 1. The van der Waals surface area contributed by atoms with Gasteiger partial charge in [0, 0.05) is 26.2 Å². The van der Waals surface area contributed by atoms with Crippen LogP contribution in [0.1, 0.15) is 38.5 Å². The highest BCUT2D eigenvalue weighted by molar-refractivity contribution is 5.74. The molecule has 0 atom stereocenters. The van der Waals surface area contributed by atoms with Crippen molar-refractivity contribution < 1.29 is 19.4 Å². The topological polar surface area (TPSA) is 70.1 Å². The van der Waals surface area contributed by atoms with E-state index in [-0.39, 0.29) is 18.7 Å². The zero-order chi connectivity index (χ0) is 14.5. The number of carbonyl (C=O) groups excluding carboxylic acids is 1. The number of rotatable bonds is 4. The van der Waals surface area contributed by atoms with E-state index in [2.05, 4.69) is 0 Å². The van der Waals surface area contributed by atoms with Crippen LogP contribution in [0.4, 0.5) is 4.79 Å². The molecule has 114 valence electrons. The van der Waals surface area contributed by atoms with Crippen LogP contribution in [0.15, 0.2) is 0 Å². The van der Waals surface area contributed by atoms with E-state index in [0.717, 1.165) is 25.7 Å². The SMILES string of the molecule is CN(C(=O)N1CCC(OCC(=O)O)CC1)C1CCCC1. The Hall–Kier alpha value is -1.30. The maximum atomic E-state index is 12.4. The van der Waals surface area contributed by atoms with E-state index in [1.165, 1.54) is 12.8 Å². The number of carbonyl (C=O) groups is 2. The molecule has 2 fully saturated rings. The summed E-state index contributed by atoms with van der Waals surface area (Å²) in [6.07, 6.45) is 6.06. The van der Waals surface area contributed by atoms with Crippen LogP contribution in [-0.2, 0) is 9.53 Å². The average Bonchev–Trinajstić information content (AvgIpc) is 2.98. The van der Waals surface area contributed by atoms with Crippen molar-refractivity contribution in [1.29, 1.82) is 0 Å². The number of carboxylic acid groups (broad SMARTS) is 1. The minimum atomic E-state index is -0.940. The molecular weight excluding hydrogens is 260 g/mol. The van der Waals surface area contributed by atoms with Gasteiger partial charge in [0.15, 0.2) is 0 Å². The number of hydrogen-bond acceptors (Lipinski definition) is 3. The fourth-order valence-corrected chi connectivity index (χ4v) is 3.07. The summed E-state index contributed by atoms with van der Waals surface area (Å²) in [4.78, 5) is 26.6. The molecule has 1 aliphatic carbocycles. The molecule has 0 radical (unpaired) electrons. The van der Waals surface area contributed by atoms with E-state index >= 15 is 0 Å². The molecule has 1 heterocycles. The minimum Gasteiger partial charge on any atom is -0.480 e. The fourth-order valence-electron chi connectivity index (χ4n) is 3.07. The quantitative estimate of drug-likeness (QED) is 0.850.